The smallest absolute Gasteiger partial charge is 0.149 e. The number of halogens is 1. The van der Waals surface area contributed by atoms with E-state index in [1.54, 1.807) is 6.07 Å². The van der Waals surface area contributed by atoms with Crippen molar-refractivity contribution < 1.29 is 4.39 Å². The fraction of sp³-hybridized carbons (Fsp3) is 0.333. The van der Waals surface area contributed by atoms with Gasteiger partial charge in [-0.05, 0) is 27.0 Å². The molecule has 0 fully saturated rings. The van der Waals surface area contributed by atoms with Crippen LogP contribution in [0.25, 0.3) is 10.9 Å². The number of fused-ring (bicyclic) bond motifs is 1. The van der Waals surface area contributed by atoms with Gasteiger partial charge in [0.1, 0.15) is 17.2 Å². The molecule has 1 heterocycles. The lowest BCUT2D eigenvalue weighted by atomic mass is 10.1. The predicted octanol–water partition coefficient (Wildman–Crippen LogP) is 2.36. The average Bonchev–Trinajstić information content (AvgIpc) is 2.29. The van der Waals surface area contributed by atoms with Crippen LogP contribution in [-0.4, -0.2) is 17.0 Å². The number of benzene rings is 1. The number of nitrogens with one attached hydrogen (secondary N) is 1. The molecule has 84 valence electrons. The number of hydrogen-bond donors (Lipinski definition) is 1. The van der Waals surface area contributed by atoms with Gasteiger partial charge in [-0.1, -0.05) is 12.1 Å². The first kappa shape index (κ1) is 11.0. The van der Waals surface area contributed by atoms with Crippen LogP contribution < -0.4 is 5.32 Å². The van der Waals surface area contributed by atoms with Gasteiger partial charge in [0.15, 0.2) is 0 Å². The molecular formula is C12H14FN3. The molecule has 2 aromatic rings. The molecule has 2 rings (SSSR count). The van der Waals surface area contributed by atoms with Gasteiger partial charge in [-0.3, -0.25) is 0 Å². The van der Waals surface area contributed by atoms with E-state index in [1.165, 1.54) is 6.07 Å². The zero-order valence-electron chi connectivity index (χ0n) is 9.58. The first-order valence-corrected chi connectivity index (χ1v) is 5.23. The molecule has 3 nitrogen and oxygen atoms in total. The molecular weight excluding hydrogens is 205 g/mol. The van der Waals surface area contributed by atoms with E-state index >= 15 is 0 Å². The molecule has 0 amide bonds. The fourth-order valence-electron chi connectivity index (χ4n) is 1.62. The summed E-state index contributed by atoms with van der Waals surface area (Å²) in [6.45, 7) is 3.82. The monoisotopic (exact) mass is 219 g/mol. The zero-order valence-corrected chi connectivity index (χ0v) is 9.58. The number of para-hydroxylation sites is 1. The summed E-state index contributed by atoms with van der Waals surface area (Å²) in [5.41, 5.74) is 1.20. The molecule has 1 aromatic carbocycles. The van der Waals surface area contributed by atoms with Crippen LogP contribution in [-0.2, 0) is 0 Å². The maximum Gasteiger partial charge on any atom is 0.149 e. The average molecular weight is 219 g/mol. The van der Waals surface area contributed by atoms with Gasteiger partial charge in [0.25, 0.3) is 0 Å². The van der Waals surface area contributed by atoms with Crippen molar-refractivity contribution in [2.45, 2.75) is 19.9 Å². The normalized spacial score (nSPS) is 13.0. The van der Waals surface area contributed by atoms with E-state index in [4.69, 9.17) is 0 Å². The van der Waals surface area contributed by atoms with Crippen LogP contribution in [0, 0.1) is 12.7 Å². The SMILES string of the molecule is CNC(C)c1nc(C)c2cccc(F)c2n1. The van der Waals surface area contributed by atoms with Gasteiger partial charge in [0, 0.05) is 11.1 Å². The molecule has 0 saturated heterocycles. The highest BCUT2D eigenvalue weighted by Crippen LogP contribution is 2.20. The van der Waals surface area contributed by atoms with Gasteiger partial charge in [-0.15, -0.1) is 0 Å². The Kier molecular flexibility index (Phi) is 2.83. The Morgan fingerprint density at radius 1 is 1.31 bits per heavy atom. The summed E-state index contributed by atoms with van der Waals surface area (Å²) in [5.74, 6) is 0.324. The number of aryl methyl sites for hydroxylation is 1. The zero-order chi connectivity index (χ0) is 11.7. The molecule has 1 aromatic heterocycles. The van der Waals surface area contributed by atoms with Crippen LogP contribution >= 0.6 is 0 Å². The molecule has 4 heteroatoms. The number of aromatic nitrogens is 2. The highest BCUT2D eigenvalue weighted by atomic mass is 19.1. The van der Waals surface area contributed by atoms with Crippen LogP contribution in [0.5, 0.6) is 0 Å². The van der Waals surface area contributed by atoms with Crippen molar-refractivity contribution in [3.05, 3.63) is 35.5 Å². The van der Waals surface area contributed by atoms with Gasteiger partial charge >= 0.3 is 0 Å². The first-order chi connectivity index (χ1) is 7.63. The van der Waals surface area contributed by atoms with Gasteiger partial charge < -0.3 is 5.32 Å². The molecule has 0 saturated carbocycles. The third-order valence-corrected chi connectivity index (χ3v) is 2.71. The molecule has 1 unspecified atom stereocenters. The van der Waals surface area contributed by atoms with Gasteiger partial charge in [-0.25, -0.2) is 14.4 Å². The molecule has 0 radical (unpaired) electrons. The Bertz CT molecular complexity index is 525. The predicted molar refractivity (Wildman–Crippen MR) is 61.7 cm³/mol. The van der Waals surface area contributed by atoms with E-state index in [-0.39, 0.29) is 11.9 Å². The van der Waals surface area contributed by atoms with E-state index in [9.17, 15) is 4.39 Å². The van der Waals surface area contributed by atoms with Crippen LogP contribution in [0.3, 0.4) is 0 Å². The maximum atomic E-state index is 13.6. The second-order valence-corrected chi connectivity index (χ2v) is 3.81. The van der Waals surface area contributed by atoms with E-state index in [0.29, 0.717) is 11.3 Å². The third-order valence-electron chi connectivity index (χ3n) is 2.71. The molecule has 0 spiro atoms. The van der Waals surface area contributed by atoms with Crippen LogP contribution in [0.4, 0.5) is 4.39 Å². The van der Waals surface area contributed by atoms with Gasteiger partial charge in [0.2, 0.25) is 0 Å². The minimum Gasteiger partial charge on any atom is -0.311 e. The topological polar surface area (TPSA) is 37.8 Å². The van der Waals surface area contributed by atoms with E-state index in [1.807, 2.05) is 27.0 Å². The Morgan fingerprint density at radius 3 is 2.75 bits per heavy atom. The van der Waals surface area contributed by atoms with Crippen LogP contribution in [0.15, 0.2) is 18.2 Å². The first-order valence-electron chi connectivity index (χ1n) is 5.23. The third kappa shape index (κ3) is 1.76. The minimum atomic E-state index is -0.299. The van der Waals surface area contributed by atoms with Crippen molar-refractivity contribution in [2.75, 3.05) is 7.05 Å². The van der Waals surface area contributed by atoms with Crippen LogP contribution in [0.1, 0.15) is 24.5 Å². The van der Waals surface area contributed by atoms with E-state index in [2.05, 4.69) is 15.3 Å². The highest BCUT2D eigenvalue weighted by Gasteiger charge is 2.11. The van der Waals surface area contributed by atoms with E-state index in [0.717, 1.165) is 11.1 Å². The Hall–Kier alpha value is -1.55. The van der Waals surface area contributed by atoms with Crippen molar-refractivity contribution in [2.24, 2.45) is 0 Å². The highest BCUT2D eigenvalue weighted by molar-refractivity contribution is 5.81. The van der Waals surface area contributed by atoms with Crippen LogP contribution in [0.2, 0.25) is 0 Å². The number of nitrogens with zero attached hydrogens (tertiary/aromatic N) is 2. The molecule has 0 bridgehead atoms. The molecule has 0 aliphatic heterocycles. The number of rotatable bonds is 2. The largest absolute Gasteiger partial charge is 0.311 e. The Morgan fingerprint density at radius 2 is 2.06 bits per heavy atom. The fourth-order valence-corrected chi connectivity index (χ4v) is 1.62. The number of hydrogen-bond acceptors (Lipinski definition) is 3. The second-order valence-electron chi connectivity index (χ2n) is 3.81. The minimum absolute atomic E-state index is 0.0164. The molecule has 1 N–H and O–H groups in total. The summed E-state index contributed by atoms with van der Waals surface area (Å²) in [6, 6.07) is 4.95. The van der Waals surface area contributed by atoms with Crippen molar-refractivity contribution >= 4 is 10.9 Å². The maximum absolute atomic E-state index is 13.6. The molecule has 16 heavy (non-hydrogen) atoms. The lowest BCUT2D eigenvalue weighted by Gasteiger charge is -2.11. The molecule has 0 aliphatic rings. The van der Waals surface area contributed by atoms with Crippen molar-refractivity contribution in [3.8, 4) is 0 Å². The van der Waals surface area contributed by atoms with Crippen molar-refractivity contribution in [3.63, 3.8) is 0 Å². The molecule has 0 aliphatic carbocycles. The van der Waals surface area contributed by atoms with Crippen molar-refractivity contribution in [1.29, 1.82) is 0 Å². The quantitative estimate of drug-likeness (QED) is 0.842. The van der Waals surface area contributed by atoms with Gasteiger partial charge in [-0.2, -0.15) is 0 Å². The van der Waals surface area contributed by atoms with Crippen molar-refractivity contribution in [1.82, 2.24) is 15.3 Å². The summed E-state index contributed by atoms with van der Waals surface area (Å²) < 4.78 is 13.6. The Balaban J connectivity index is 2.70. The van der Waals surface area contributed by atoms with E-state index < -0.39 is 0 Å². The lowest BCUT2D eigenvalue weighted by molar-refractivity contribution is 0.604. The molecule has 1 atom stereocenters. The summed E-state index contributed by atoms with van der Waals surface area (Å²) in [6.07, 6.45) is 0. The summed E-state index contributed by atoms with van der Waals surface area (Å²) in [5, 5.41) is 3.82. The standard InChI is InChI=1S/C12H14FN3/c1-7-9-5-4-6-10(13)11(9)16-12(15-7)8(2)14-3/h4-6,8,14H,1-3H3. The Labute approximate surface area is 93.7 Å². The van der Waals surface area contributed by atoms with Gasteiger partial charge in [0.05, 0.1) is 6.04 Å². The summed E-state index contributed by atoms with van der Waals surface area (Å²) in [4.78, 5) is 8.63. The second kappa shape index (κ2) is 4.14. The summed E-state index contributed by atoms with van der Waals surface area (Å²) in [7, 11) is 1.83. The summed E-state index contributed by atoms with van der Waals surface area (Å²) >= 11 is 0. The lowest BCUT2D eigenvalue weighted by Crippen LogP contribution is -2.16.